The molecule has 4 nitrogen and oxygen atoms in total. The highest BCUT2D eigenvalue weighted by molar-refractivity contribution is 5.04. The molecule has 0 aliphatic rings. The van der Waals surface area contributed by atoms with Gasteiger partial charge in [-0.3, -0.25) is 0 Å². The van der Waals surface area contributed by atoms with Crippen molar-refractivity contribution in [3.05, 3.63) is 18.0 Å². The highest BCUT2D eigenvalue weighted by Gasteiger charge is 2.04. The second-order valence-electron chi connectivity index (χ2n) is 2.93. The molecule has 0 bridgehead atoms. The van der Waals surface area contributed by atoms with Gasteiger partial charge in [0.2, 0.25) is 0 Å². The minimum Gasteiger partial charge on any atom is -0.458 e. The van der Waals surface area contributed by atoms with Gasteiger partial charge < -0.3 is 9.47 Å². The van der Waals surface area contributed by atoms with Crippen LogP contribution in [0.2, 0.25) is 0 Å². The number of hydrogen-bond donors (Lipinski definition) is 0. The van der Waals surface area contributed by atoms with E-state index in [0.29, 0.717) is 12.6 Å². The van der Waals surface area contributed by atoms with Crippen molar-refractivity contribution in [3.8, 4) is 6.01 Å². The average molecular weight is 182 g/mol. The van der Waals surface area contributed by atoms with Gasteiger partial charge in [0, 0.05) is 19.5 Å². The predicted molar refractivity (Wildman–Crippen MR) is 48.7 cm³/mol. The van der Waals surface area contributed by atoms with Crippen molar-refractivity contribution in [2.45, 2.75) is 20.0 Å². The Kier molecular flexibility index (Phi) is 3.64. The van der Waals surface area contributed by atoms with Crippen LogP contribution in [0.25, 0.3) is 0 Å². The van der Waals surface area contributed by atoms with Gasteiger partial charge in [0.05, 0.1) is 6.61 Å². The van der Waals surface area contributed by atoms with Crippen LogP contribution < -0.4 is 4.74 Å². The SMILES string of the molecule is COCC(C)Oc1ncc(C)cn1. The van der Waals surface area contributed by atoms with Crippen LogP contribution in [0.4, 0.5) is 0 Å². The highest BCUT2D eigenvalue weighted by Crippen LogP contribution is 2.03. The Hall–Kier alpha value is -1.16. The van der Waals surface area contributed by atoms with E-state index in [4.69, 9.17) is 9.47 Å². The zero-order chi connectivity index (χ0) is 9.68. The molecule has 1 unspecified atom stereocenters. The normalized spacial score (nSPS) is 12.5. The molecule has 0 saturated heterocycles. The highest BCUT2D eigenvalue weighted by atomic mass is 16.5. The van der Waals surface area contributed by atoms with Crippen molar-refractivity contribution in [1.29, 1.82) is 0 Å². The average Bonchev–Trinajstić information content (AvgIpc) is 2.09. The summed E-state index contributed by atoms with van der Waals surface area (Å²) in [6.07, 6.45) is 3.43. The lowest BCUT2D eigenvalue weighted by atomic mass is 10.4. The number of methoxy groups -OCH3 is 1. The quantitative estimate of drug-likeness (QED) is 0.701. The number of aromatic nitrogens is 2. The van der Waals surface area contributed by atoms with Crippen molar-refractivity contribution in [3.63, 3.8) is 0 Å². The van der Waals surface area contributed by atoms with E-state index in [2.05, 4.69) is 9.97 Å². The number of aryl methyl sites for hydroxylation is 1. The van der Waals surface area contributed by atoms with Gasteiger partial charge in [0.25, 0.3) is 0 Å². The van der Waals surface area contributed by atoms with Crippen molar-refractivity contribution < 1.29 is 9.47 Å². The lowest BCUT2D eigenvalue weighted by Crippen LogP contribution is -2.19. The molecule has 0 saturated carbocycles. The van der Waals surface area contributed by atoms with E-state index in [0.717, 1.165) is 5.56 Å². The third kappa shape index (κ3) is 3.38. The topological polar surface area (TPSA) is 44.2 Å². The second-order valence-corrected chi connectivity index (χ2v) is 2.93. The summed E-state index contributed by atoms with van der Waals surface area (Å²) >= 11 is 0. The van der Waals surface area contributed by atoms with Crippen LogP contribution in [0.3, 0.4) is 0 Å². The van der Waals surface area contributed by atoms with Crippen LogP contribution >= 0.6 is 0 Å². The van der Waals surface area contributed by atoms with Gasteiger partial charge in [-0.1, -0.05) is 0 Å². The molecule has 0 radical (unpaired) electrons. The first-order chi connectivity index (χ1) is 6.22. The zero-order valence-electron chi connectivity index (χ0n) is 8.15. The molecule has 1 rings (SSSR count). The molecule has 0 aliphatic carbocycles. The van der Waals surface area contributed by atoms with Gasteiger partial charge in [-0.2, -0.15) is 0 Å². The lowest BCUT2D eigenvalue weighted by Gasteiger charge is -2.11. The molecule has 0 aliphatic heterocycles. The summed E-state index contributed by atoms with van der Waals surface area (Å²) in [7, 11) is 1.63. The molecule has 1 aromatic heterocycles. The Morgan fingerprint density at radius 2 is 2.00 bits per heavy atom. The van der Waals surface area contributed by atoms with Crippen molar-refractivity contribution in [2.75, 3.05) is 13.7 Å². The monoisotopic (exact) mass is 182 g/mol. The van der Waals surface area contributed by atoms with Gasteiger partial charge in [0.1, 0.15) is 6.10 Å². The molecule has 4 heteroatoms. The van der Waals surface area contributed by atoms with Crippen molar-refractivity contribution in [2.24, 2.45) is 0 Å². The lowest BCUT2D eigenvalue weighted by molar-refractivity contribution is 0.0855. The summed E-state index contributed by atoms with van der Waals surface area (Å²) in [5.41, 5.74) is 1.02. The molecule has 0 spiro atoms. The van der Waals surface area contributed by atoms with Crippen LogP contribution in [0, 0.1) is 6.92 Å². The molecule has 0 fully saturated rings. The van der Waals surface area contributed by atoms with Gasteiger partial charge in [-0.15, -0.1) is 0 Å². The number of nitrogens with zero attached hydrogens (tertiary/aromatic N) is 2. The van der Waals surface area contributed by atoms with E-state index < -0.39 is 0 Å². The Morgan fingerprint density at radius 3 is 2.54 bits per heavy atom. The maximum atomic E-state index is 5.36. The second kappa shape index (κ2) is 4.77. The van der Waals surface area contributed by atoms with Gasteiger partial charge in [-0.25, -0.2) is 9.97 Å². The number of rotatable bonds is 4. The van der Waals surface area contributed by atoms with Crippen molar-refractivity contribution >= 4 is 0 Å². The van der Waals surface area contributed by atoms with Gasteiger partial charge >= 0.3 is 6.01 Å². The Bertz CT molecular complexity index is 248. The Morgan fingerprint density at radius 1 is 1.38 bits per heavy atom. The van der Waals surface area contributed by atoms with Gasteiger partial charge in [-0.05, 0) is 19.4 Å². The van der Waals surface area contributed by atoms with E-state index >= 15 is 0 Å². The molecule has 0 aromatic carbocycles. The first-order valence-corrected chi connectivity index (χ1v) is 4.16. The zero-order valence-corrected chi connectivity index (χ0v) is 8.15. The fourth-order valence-corrected chi connectivity index (χ4v) is 0.890. The molecule has 0 N–H and O–H groups in total. The summed E-state index contributed by atoms with van der Waals surface area (Å²) in [5, 5.41) is 0. The summed E-state index contributed by atoms with van der Waals surface area (Å²) in [4.78, 5) is 8.02. The van der Waals surface area contributed by atoms with E-state index in [-0.39, 0.29) is 6.10 Å². The maximum Gasteiger partial charge on any atom is 0.316 e. The smallest absolute Gasteiger partial charge is 0.316 e. The van der Waals surface area contributed by atoms with E-state index in [1.807, 2.05) is 13.8 Å². The summed E-state index contributed by atoms with van der Waals surface area (Å²) in [5.74, 6) is 0. The van der Waals surface area contributed by atoms with Crippen LogP contribution in [0.1, 0.15) is 12.5 Å². The van der Waals surface area contributed by atoms with Crippen molar-refractivity contribution in [1.82, 2.24) is 9.97 Å². The minimum absolute atomic E-state index is 0.0206. The number of hydrogen-bond acceptors (Lipinski definition) is 4. The Balaban J connectivity index is 2.49. The third-order valence-electron chi connectivity index (χ3n) is 1.47. The molecular weight excluding hydrogens is 168 g/mol. The third-order valence-corrected chi connectivity index (χ3v) is 1.47. The van der Waals surface area contributed by atoms with Crippen LogP contribution in [-0.2, 0) is 4.74 Å². The number of ether oxygens (including phenoxy) is 2. The molecule has 1 heterocycles. The summed E-state index contributed by atoms with van der Waals surface area (Å²) in [6, 6.07) is 0.398. The fourth-order valence-electron chi connectivity index (χ4n) is 0.890. The van der Waals surface area contributed by atoms with Crippen LogP contribution in [-0.4, -0.2) is 29.8 Å². The fraction of sp³-hybridized carbons (Fsp3) is 0.556. The van der Waals surface area contributed by atoms with E-state index in [9.17, 15) is 0 Å². The summed E-state index contributed by atoms with van der Waals surface area (Å²) < 4.78 is 10.3. The Labute approximate surface area is 77.9 Å². The first-order valence-electron chi connectivity index (χ1n) is 4.16. The largest absolute Gasteiger partial charge is 0.458 e. The molecule has 0 amide bonds. The molecule has 72 valence electrons. The molecule has 13 heavy (non-hydrogen) atoms. The maximum absolute atomic E-state index is 5.36. The first kappa shape index (κ1) is 9.92. The van der Waals surface area contributed by atoms with Gasteiger partial charge in [0.15, 0.2) is 0 Å². The minimum atomic E-state index is -0.0206. The molecule has 1 aromatic rings. The standard InChI is InChI=1S/C9H14N2O2/c1-7-4-10-9(11-5-7)13-8(2)6-12-3/h4-5,8H,6H2,1-3H3. The van der Waals surface area contributed by atoms with E-state index in [1.54, 1.807) is 19.5 Å². The molecular formula is C9H14N2O2. The predicted octanol–water partition coefficient (Wildman–Crippen LogP) is 1.20. The van der Waals surface area contributed by atoms with E-state index in [1.165, 1.54) is 0 Å². The van der Waals surface area contributed by atoms with Crippen LogP contribution in [0.5, 0.6) is 6.01 Å². The van der Waals surface area contributed by atoms with Crippen LogP contribution in [0.15, 0.2) is 12.4 Å². The molecule has 1 atom stereocenters. The summed E-state index contributed by atoms with van der Waals surface area (Å²) in [6.45, 7) is 4.38.